The molecule has 0 aromatic heterocycles. The molecule has 17 heavy (non-hydrogen) atoms. The molecule has 0 saturated carbocycles. The number of hydrogen-bond donors (Lipinski definition) is 2. The zero-order chi connectivity index (χ0) is 12.7. The smallest absolute Gasteiger partial charge is 0.234 e. The highest BCUT2D eigenvalue weighted by atomic mass is 16.1. The first kappa shape index (κ1) is 13.7. The molecular weight excluding hydrogens is 212 g/mol. The molecule has 2 N–H and O–H groups in total. The average molecular weight is 234 g/mol. The second-order valence-corrected chi connectivity index (χ2v) is 4.48. The van der Waals surface area contributed by atoms with E-state index < -0.39 is 0 Å². The monoisotopic (exact) mass is 234 g/mol. The highest BCUT2D eigenvalue weighted by Gasteiger charge is 2.01. The number of carbonyl (C=O) groups excluding carboxylic acids is 1. The minimum Gasteiger partial charge on any atom is -0.351 e. The number of nitrogens with one attached hydrogen (secondary N) is 2. The molecule has 1 aromatic carbocycles. The van der Waals surface area contributed by atoms with Gasteiger partial charge >= 0.3 is 0 Å². The van der Waals surface area contributed by atoms with E-state index in [4.69, 9.17) is 0 Å². The third-order valence-electron chi connectivity index (χ3n) is 2.59. The van der Waals surface area contributed by atoms with Crippen molar-refractivity contribution >= 4 is 5.91 Å². The maximum atomic E-state index is 11.5. The summed E-state index contributed by atoms with van der Waals surface area (Å²) in [6, 6.07) is 8.68. The molecule has 0 saturated heterocycles. The Balaban J connectivity index is 2.31. The van der Waals surface area contributed by atoms with Gasteiger partial charge in [-0.3, -0.25) is 4.79 Å². The summed E-state index contributed by atoms with van der Waals surface area (Å²) in [6.45, 7) is 7.16. The van der Waals surface area contributed by atoms with Gasteiger partial charge in [0.1, 0.15) is 0 Å². The van der Waals surface area contributed by atoms with E-state index in [1.165, 1.54) is 5.56 Å². The molecule has 0 radical (unpaired) electrons. The van der Waals surface area contributed by atoms with E-state index in [2.05, 4.69) is 41.8 Å². The van der Waals surface area contributed by atoms with Crippen molar-refractivity contribution < 1.29 is 4.79 Å². The first-order valence-corrected chi connectivity index (χ1v) is 6.19. The maximum Gasteiger partial charge on any atom is 0.234 e. The third-order valence-corrected chi connectivity index (χ3v) is 2.59. The van der Waals surface area contributed by atoms with Gasteiger partial charge in [0, 0.05) is 12.6 Å². The number of hydrogen-bond acceptors (Lipinski definition) is 2. The fourth-order valence-electron chi connectivity index (χ4n) is 1.45. The van der Waals surface area contributed by atoms with Gasteiger partial charge in [-0.15, -0.1) is 0 Å². The largest absolute Gasteiger partial charge is 0.351 e. The van der Waals surface area contributed by atoms with E-state index in [1.807, 2.05) is 13.8 Å². The standard InChI is InChI=1S/C14H22N2O/c1-4-12-5-7-13(8-6-12)9-16-14(17)10-15-11(2)3/h5-8,11,15H,4,9-10H2,1-3H3,(H,16,17). The van der Waals surface area contributed by atoms with E-state index in [1.54, 1.807) is 0 Å². The Morgan fingerprint density at radius 2 is 1.76 bits per heavy atom. The van der Waals surface area contributed by atoms with Crippen molar-refractivity contribution in [3.05, 3.63) is 35.4 Å². The fraction of sp³-hybridized carbons (Fsp3) is 0.500. The molecule has 3 nitrogen and oxygen atoms in total. The number of aryl methyl sites for hydroxylation is 1. The van der Waals surface area contributed by atoms with Gasteiger partial charge < -0.3 is 10.6 Å². The van der Waals surface area contributed by atoms with Gasteiger partial charge in [-0.2, -0.15) is 0 Å². The predicted octanol–water partition coefficient (Wildman–Crippen LogP) is 1.86. The van der Waals surface area contributed by atoms with Crippen LogP contribution in [0.2, 0.25) is 0 Å². The van der Waals surface area contributed by atoms with Crippen molar-refractivity contribution in [3.63, 3.8) is 0 Å². The summed E-state index contributed by atoms with van der Waals surface area (Å²) in [6.07, 6.45) is 1.05. The lowest BCUT2D eigenvalue weighted by Gasteiger charge is -2.09. The molecule has 94 valence electrons. The highest BCUT2D eigenvalue weighted by Crippen LogP contribution is 2.04. The molecule has 1 amide bonds. The minimum atomic E-state index is 0.0401. The average Bonchev–Trinajstić information content (AvgIpc) is 2.34. The van der Waals surface area contributed by atoms with Crippen LogP contribution in [0.5, 0.6) is 0 Å². The van der Waals surface area contributed by atoms with E-state index in [0.29, 0.717) is 19.1 Å². The van der Waals surface area contributed by atoms with Crippen LogP contribution in [0.15, 0.2) is 24.3 Å². The summed E-state index contributed by atoms with van der Waals surface area (Å²) in [4.78, 5) is 11.5. The molecule has 0 aliphatic rings. The lowest BCUT2D eigenvalue weighted by Crippen LogP contribution is -2.36. The maximum absolute atomic E-state index is 11.5. The summed E-state index contributed by atoms with van der Waals surface area (Å²) in [5.74, 6) is 0.0401. The van der Waals surface area contributed by atoms with Gasteiger partial charge in [0.05, 0.1) is 6.54 Å². The van der Waals surface area contributed by atoms with Gasteiger partial charge in [-0.05, 0) is 17.5 Å². The Bertz CT molecular complexity index is 344. The summed E-state index contributed by atoms with van der Waals surface area (Å²) in [7, 11) is 0. The molecule has 0 heterocycles. The molecule has 3 heteroatoms. The van der Waals surface area contributed by atoms with Crippen LogP contribution in [-0.4, -0.2) is 18.5 Å². The van der Waals surface area contributed by atoms with Gasteiger partial charge in [-0.25, -0.2) is 0 Å². The minimum absolute atomic E-state index is 0.0401. The van der Waals surface area contributed by atoms with Crippen LogP contribution in [0.3, 0.4) is 0 Å². The lowest BCUT2D eigenvalue weighted by atomic mass is 10.1. The van der Waals surface area contributed by atoms with Crippen molar-refractivity contribution in [1.82, 2.24) is 10.6 Å². The fourth-order valence-corrected chi connectivity index (χ4v) is 1.45. The molecule has 0 atom stereocenters. The summed E-state index contributed by atoms with van der Waals surface area (Å²) >= 11 is 0. The van der Waals surface area contributed by atoms with Crippen LogP contribution in [0.4, 0.5) is 0 Å². The van der Waals surface area contributed by atoms with Crippen LogP contribution in [-0.2, 0) is 17.8 Å². The predicted molar refractivity (Wildman–Crippen MR) is 70.8 cm³/mol. The molecular formula is C14H22N2O. The van der Waals surface area contributed by atoms with Crippen molar-refractivity contribution in [2.24, 2.45) is 0 Å². The number of carbonyl (C=O) groups is 1. The molecule has 0 aliphatic carbocycles. The van der Waals surface area contributed by atoms with E-state index in [9.17, 15) is 4.79 Å². The molecule has 0 spiro atoms. The number of rotatable bonds is 6. The van der Waals surface area contributed by atoms with Crippen molar-refractivity contribution in [3.8, 4) is 0 Å². The number of benzene rings is 1. The van der Waals surface area contributed by atoms with Crippen LogP contribution < -0.4 is 10.6 Å². The zero-order valence-electron chi connectivity index (χ0n) is 10.9. The Morgan fingerprint density at radius 3 is 2.29 bits per heavy atom. The van der Waals surface area contributed by atoms with Gasteiger partial charge in [0.25, 0.3) is 0 Å². The van der Waals surface area contributed by atoms with Crippen LogP contribution >= 0.6 is 0 Å². The van der Waals surface area contributed by atoms with Gasteiger partial charge in [0.2, 0.25) is 5.91 Å². The second kappa shape index (κ2) is 7.07. The third kappa shape index (κ3) is 5.50. The molecule has 0 unspecified atom stereocenters. The highest BCUT2D eigenvalue weighted by molar-refractivity contribution is 5.77. The summed E-state index contributed by atoms with van der Waals surface area (Å²) in [5.41, 5.74) is 2.46. The SMILES string of the molecule is CCc1ccc(CNC(=O)CNC(C)C)cc1. The quantitative estimate of drug-likeness (QED) is 0.789. The van der Waals surface area contributed by atoms with Crippen LogP contribution in [0.25, 0.3) is 0 Å². The first-order chi connectivity index (χ1) is 8.11. The summed E-state index contributed by atoms with van der Waals surface area (Å²) < 4.78 is 0. The Hall–Kier alpha value is -1.35. The molecule has 0 aliphatic heterocycles. The number of amides is 1. The Kier molecular flexibility index (Phi) is 5.70. The molecule has 1 aromatic rings. The van der Waals surface area contributed by atoms with E-state index >= 15 is 0 Å². The summed E-state index contributed by atoms with van der Waals surface area (Å²) in [5, 5.41) is 5.98. The van der Waals surface area contributed by atoms with Gasteiger partial charge in [-0.1, -0.05) is 45.0 Å². The Labute approximate surface area is 104 Å². The molecule has 0 bridgehead atoms. The topological polar surface area (TPSA) is 41.1 Å². The normalized spacial score (nSPS) is 10.6. The second-order valence-electron chi connectivity index (χ2n) is 4.48. The molecule has 1 rings (SSSR count). The van der Waals surface area contributed by atoms with E-state index in [0.717, 1.165) is 12.0 Å². The zero-order valence-corrected chi connectivity index (χ0v) is 10.9. The lowest BCUT2D eigenvalue weighted by molar-refractivity contribution is -0.120. The van der Waals surface area contributed by atoms with Crippen molar-refractivity contribution in [2.45, 2.75) is 39.8 Å². The van der Waals surface area contributed by atoms with Crippen LogP contribution in [0.1, 0.15) is 31.9 Å². The van der Waals surface area contributed by atoms with Crippen LogP contribution in [0, 0.1) is 0 Å². The Morgan fingerprint density at radius 1 is 1.18 bits per heavy atom. The first-order valence-electron chi connectivity index (χ1n) is 6.19. The van der Waals surface area contributed by atoms with Crippen molar-refractivity contribution in [2.75, 3.05) is 6.54 Å². The van der Waals surface area contributed by atoms with Crippen molar-refractivity contribution in [1.29, 1.82) is 0 Å². The van der Waals surface area contributed by atoms with E-state index in [-0.39, 0.29) is 5.91 Å². The molecule has 0 fully saturated rings. The van der Waals surface area contributed by atoms with Gasteiger partial charge in [0.15, 0.2) is 0 Å².